The van der Waals surface area contributed by atoms with Crippen molar-refractivity contribution in [2.75, 3.05) is 5.32 Å². The van der Waals surface area contributed by atoms with Gasteiger partial charge in [-0.1, -0.05) is 41.4 Å². The number of benzene rings is 2. The second-order valence-electron chi connectivity index (χ2n) is 4.87. The Morgan fingerprint density at radius 1 is 1.19 bits per heavy atom. The van der Waals surface area contributed by atoms with Crippen LogP contribution in [-0.4, -0.2) is 12.0 Å². The van der Waals surface area contributed by atoms with Crippen molar-refractivity contribution >= 4 is 34.8 Å². The van der Waals surface area contributed by atoms with Crippen molar-refractivity contribution in [3.8, 4) is 5.75 Å². The van der Waals surface area contributed by atoms with Gasteiger partial charge in [-0.05, 0) is 42.7 Å². The van der Waals surface area contributed by atoms with E-state index in [0.29, 0.717) is 22.2 Å². The molecule has 0 radical (unpaired) electrons. The number of carbonyl (C=O) groups excluding carboxylic acids is 1. The standard InChI is InChI=1S/C16H13Cl2NO2/c17-11-6-7-13(12(18)9-11)19-16(20)15-8-5-10-3-1-2-4-14(10)21-15/h1-4,6-7,9,15H,5,8H2,(H,19,20). The first kappa shape index (κ1) is 14.2. The number of rotatable bonds is 2. The van der Waals surface area contributed by atoms with Crippen LogP contribution < -0.4 is 10.1 Å². The second-order valence-corrected chi connectivity index (χ2v) is 5.71. The molecule has 1 N–H and O–H groups in total. The summed E-state index contributed by atoms with van der Waals surface area (Å²) in [5, 5.41) is 3.72. The van der Waals surface area contributed by atoms with Gasteiger partial charge in [0.25, 0.3) is 5.91 Å². The molecule has 0 fully saturated rings. The summed E-state index contributed by atoms with van der Waals surface area (Å²) in [6, 6.07) is 12.7. The summed E-state index contributed by atoms with van der Waals surface area (Å²) in [7, 11) is 0. The van der Waals surface area contributed by atoms with Crippen molar-refractivity contribution in [1.29, 1.82) is 0 Å². The van der Waals surface area contributed by atoms with Crippen molar-refractivity contribution < 1.29 is 9.53 Å². The van der Waals surface area contributed by atoms with Crippen LogP contribution in [0, 0.1) is 0 Å². The first-order chi connectivity index (χ1) is 10.1. The maximum absolute atomic E-state index is 12.3. The zero-order valence-electron chi connectivity index (χ0n) is 11.1. The number of halogens is 2. The molecule has 2 aromatic rings. The van der Waals surface area contributed by atoms with E-state index in [0.717, 1.165) is 17.7 Å². The van der Waals surface area contributed by atoms with Gasteiger partial charge in [-0.25, -0.2) is 0 Å². The lowest BCUT2D eigenvalue weighted by molar-refractivity contribution is -0.123. The lowest BCUT2D eigenvalue weighted by atomic mass is 10.0. The summed E-state index contributed by atoms with van der Waals surface area (Å²) in [6.07, 6.45) is 0.961. The highest BCUT2D eigenvalue weighted by Gasteiger charge is 2.26. The van der Waals surface area contributed by atoms with E-state index in [2.05, 4.69) is 5.32 Å². The van der Waals surface area contributed by atoms with Gasteiger partial charge in [0.1, 0.15) is 5.75 Å². The molecular weight excluding hydrogens is 309 g/mol. The van der Waals surface area contributed by atoms with Gasteiger partial charge >= 0.3 is 0 Å². The molecule has 21 heavy (non-hydrogen) atoms. The minimum absolute atomic E-state index is 0.200. The van der Waals surface area contributed by atoms with Crippen LogP contribution in [-0.2, 0) is 11.2 Å². The molecule has 1 amide bonds. The maximum Gasteiger partial charge on any atom is 0.265 e. The van der Waals surface area contributed by atoms with E-state index in [4.69, 9.17) is 27.9 Å². The quantitative estimate of drug-likeness (QED) is 0.894. The molecule has 1 aliphatic rings. The van der Waals surface area contributed by atoms with Gasteiger partial charge in [0, 0.05) is 5.02 Å². The number of hydrogen-bond acceptors (Lipinski definition) is 2. The van der Waals surface area contributed by atoms with Crippen LogP contribution in [0.5, 0.6) is 5.75 Å². The minimum atomic E-state index is -0.508. The zero-order chi connectivity index (χ0) is 14.8. The molecule has 1 heterocycles. The van der Waals surface area contributed by atoms with Gasteiger partial charge in [0.15, 0.2) is 6.10 Å². The summed E-state index contributed by atoms with van der Waals surface area (Å²) >= 11 is 11.9. The number of amides is 1. The van der Waals surface area contributed by atoms with Crippen LogP contribution in [0.15, 0.2) is 42.5 Å². The third-order valence-corrected chi connectivity index (χ3v) is 3.95. The molecule has 1 aliphatic heterocycles. The summed E-state index contributed by atoms with van der Waals surface area (Å²) in [5.74, 6) is 0.569. The third-order valence-electron chi connectivity index (χ3n) is 3.40. The number of fused-ring (bicyclic) bond motifs is 1. The smallest absolute Gasteiger partial charge is 0.265 e. The van der Waals surface area contributed by atoms with Gasteiger partial charge in [-0.2, -0.15) is 0 Å². The molecule has 108 valence electrons. The van der Waals surface area contributed by atoms with Gasteiger partial charge in [-0.15, -0.1) is 0 Å². The Morgan fingerprint density at radius 2 is 2.00 bits per heavy atom. The first-order valence-corrected chi connectivity index (χ1v) is 7.39. The molecule has 1 atom stereocenters. The highest BCUT2D eigenvalue weighted by Crippen LogP contribution is 2.29. The summed E-state index contributed by atoms with van der Waals surface area (Å²) in [5.41, 5.74) is 1.67. The zero-order valence-corrected chi connectivity index (χ0v) is 12.6. The van der Waals surface area contributed by atoms with Crippen molar-refractivity contribution in [2.45, 2.75) is 18.9 Å². The molecule has 5 heteroatoms. The fourth-order valence-electron chi connectivity index (χ4n) is 2.31. The number of para-hydroxylation sites is 1. The molecule has 3 rings (SSSR count). The molecule has 1 unspecified atom stereocenters. The Kier molecular flexibility index (Phi) is 4.04. The number of aryl methyl sites for hydroxylation is 1. The Bertz CT molecular complexity index is 688. The van der Waals surface area contributed by atoms with Crippen LogP contribution in [0.4, 0.5) is 5.69 Å². The Hall–Kier alpha value is -1.71. The van der Waals surface area contributed by atoms with Crippen molar-refractivity contribution in [2.24, 2.45) is 0 Å². The first-order valence-electron chi connectivity index (χ1n) is 6.64. The number of anilines is 1. The second kappa shape index (κ2) is 5.96. The predicted octanol–water partition coefficient (Wildman–Crippen LogP) is 4.33. The van der Waals surface area contributed by atoms with Crippen LogP contribution in [0.1, 0.15) is 12.0 Å². The van der Waals surface area contributed by atoms with Gasteiger partial charge in [-0.3, -0.25) is 4.79 Å². The Balaban J connectivity index is 1.72. The lowest BCUT2D eigenvalue weighted by Gasteiger charge is -2.25. The van der Waals surface area contributed by atoms with Crippen molar-refractivity contribution in [3.05, 3.63) is 58.1 Å². The average Bonchev–Trinajstić information content (AvgIpc) is 2.49. The SMILES string of the molecule is O=C(Nc1ccc(Cl)cc1Cl)C1CCc2ccccc2O1. The molecular formula is C16H13Cl2NO2. The van der Waals surface area contributed by atoms with Crippen LogP contribution in [0.25, 0.3) is 0 Å². The lowest BCUT2D eigenvalue weighted by Crippen LogP contribution is -2.35. The normalized spacial score (nSPS) is 16.8. The van der Waals surface area contributed by atoms with E-state index in [1.165, 1.54) is 0 Å². The highest BCUT2D eigenvalue weighted by molar-refractivity contribution is 6.36. The summed E-state index contributed by atoms with van der Waals surface area (Å²) < 4.78 is 5.75. The summed E-state index contributed by atoms with van der Waals surface area (Å²) in [4.78, 5) is 12.3. The number of ether oxygens (including phenoxy) is 1. The number of carbonyl (C=O) groups is 1. The fraction of sp³-hybridized carbons (Fsp3) is 0.188. The molecule has 0 bridgehead atoms. The Labute approximate surface area is 132 Å². The molecule has 0 spiro atoms. The van der Waals surface area contributed by atoms with Crippen LogP contribution in [0.3, 0.4) is 0 Å². The number of nitrogens with one attached hydrogen (secondary N) is 1. The topological polar surface area (TPSA) is 38.3 Å². The number of hydrogen-bond donors (Lipinski definition) is 1. The fourth-order valence-corrected chi connectivity index (χ4v) is 2.77. The van der Waals surface area contributed by atoms with Gasteiger partial charge in [0.05, 0.1) is 10.7 Å². The molecule has 0 saturated heterocycles. The van der Waals surface area contributed by atoms with E-state index in [-0.39, 0.29) is 5.91 Å². The van der Waals surface area contributed by atoms with Crippen molar-refractivity contribution in [1.82, 2.24) is 0 Å². The highest BCUT2D eigenvalue weighted by atomic mass is 35.5. The molecule has 0 saturated carbocycles. The monoisotopic (exact) mass is 321 g/mol. The van der Waals surface area contributed by atoms with Crippen LogP contribution >= 0.6 is 23.2 Å². The van der Waals surface area contributed by atoms with Gasteiger partial charge < -0.3 is 10.1 Å². The third kappa shape index (κ3) is 3.14. The molecule has 0 aliphatic carbocycles. The van der Waals surface area contributed by atoms with E-state index in [9.17, 15) is 4.79 Å². The van der Waals surface area contributed by atoms with E-state index >= 15 is 0 Å². The van der Waals surface area contributed by atoms with E-state index < -0.39 is 6.10 Å². The van der Waals surface area contributed by atoms with Gasteiger partial charge in [0.2, 0.25) is 0 Å². The average molecular weight is 322 g/mol. The van der Waals surface area contributed by atoms with E-state index in [1.54, 1.807) is 18.2 Å². The molecule has 0 aromatic heterocycles. The van der Waals surface area contributed by atoms with Crippen molar-refractivity contribution in [3.63, 3.8) is 0 Å². The minimum Gasteiger partial charge on any atom is -0.480 e. The van der Waals surface area contributed by atoms with E-state index in [1.807, 2.05) is 24.3 Å². The molecule has 2 aromatic carbocycles. The molecule has 3 nitrogen and oxygen atoms in total. The largest absolute Gasteiger partial charge is 0.480 e. The summed E-state index contributed by atoms with van der Waals surface area (Å²) in [6.45, 7) is 0. The maximum atomic E-state index is 12.3. The predicted molar refractivity (Wildman–Crippen MR) is 84.3 cm³/mol. The van der Waals surface area contributed by atoms with Crippen LogP contribution in [0.2, 0.25) is 10.0 Å². The Morgan fingerprint density at radius 3 is 2.81 bits per heavy atom.